The van der Waals surface area contributed by atoms with E-state index in [1.165, 1.54) is 0 Å². The summed E-state index contributed by atoms with van der Waals surface area (Å²) in [5.74, 6) is 0.565. The molecule has 94 valence electrons. The van der Waals surface area contributed by atoms with Gasteiger partial charge in [0.1, 0.15) is 6.33 Å². The lowest BCUT2D eigenvalue weighted by Gasteiger charge is -2.32. The van der Waals surface area contributed by atoms with Crippen molar-refractivity contribution in [3.05, 3.63) is 18.7 Å². The molecule has 1 aliphatic rings. The Morgan fingerprint density at radius 2 is 1.83 bits per heavy atom. The van der Waals surface area contributed by atoms with E-state index in [0.717, 1.165) is 5.46 Å². The van der Waals surface area contributed by atoms with Gasteiger partial charge < -0.3 is 9.31 Å². The summed E-state index contributed by atoms with van der Waals surface area (Å²) >= 11 is 0. The average Bonchev–Trinajstić information content (AvgIpc) is 2.80. The smallest absolute Gasteiger partial charge is 0.399 e. The standard InChI is InChI=1S/C11H15BN4O2/c1-10(2)11(3,4)18-12(17-10)8-5-13-9-15-14-7-16(9)6-8/h5-7H,1-4H3. The summed E-state index contributed by atoms with van der Waals surface area (Å²) < 4.78 is 13.7. The Morgan fingerprint density at radius 3 is 2.50 bits per heavy atom. The van der Waals surface area contributed by atoms with Gasteiger partial charge in [0.05, 0.1) is 11.2 Å². The molecule has 0 radical (unpaired) electrons. The van der Waals surface area contributed by atoms with Crippen LogP contribution in [0.25, 0.3) is 5.78 Å². The highest BCUT2D eigenvalue weighted by atomic mass is 16.7. The van der Waals surface area contributed by atoms with E-state index >= 15 is 0 Å². The Bertz CT molecular complexity index is 579. The average molecular weight is 246 g/mol. The summed E-state index contributed by atoms with van der Waals surface area (Å²) in [6, 6.07) is 0. The third-order valence-corrected chi connectivity index (χ3v) is 3.70. The minimum atomic E-state index is -0.408. The lowest BCUT2D eigenvalue weighted by Crippen LogP contribution is -2.41. The van der Waals surface area contributed by atoms with Crippen LogP contribution in [0, 0.1) is 0 Å². The van der Waals surface area contributed by atoms with Gasteiger partial charge >= 0.3 is 7.12 Å². The van der Waals surface area contributed by atoms with Crippen molar-refractivity contribution in [1.29, 1.82) is 0 Å². The Hall–Kier alpha value is -1.47. The van der Waals surface area contributed by atoms with Crippen LogP contribution in [0.5, 0.6) is 0 Å². The molecule has 1 fully saturated rings. The summed E-state index contributed by atoms with van der Waals surface area (Å²) in [5, 5.41) is 7.66. The molecular weight excluding hydrogens is 231 g/mol. The number of fused-ring (bicyclic) bond motifs is 1. The van der Waals surface area contributed by atoms with Crippen molar-refractivity contribution in [2.45, 2.75) is 38.9 Å². The zero-order valence-corrected chi connectivity index (χ0v) is 10.9. The molecule has 0 saturated carbocycles. The predicted molar refractivity (Wildman–Crippen MR) is 66.5 cm³/mol. The molecule has 1 aliphatic heterocycles. The molecular formula is C11H15BN4O2. The molecule has 7 heteroatoms. The van der Waals surface area contributed by atoms with Crippen molar-refractivity contribution in [3.63, 3.8) is 0 Å². The molecule has 0 amide bonds. The van der Waals surface area contributed by atoms with E-state index < -0.39 is 7.12 Å². The molecule has 3 heterocycles. The van der Waals surface area contributed by atoms with Crippen molar-refractivity contribution < 1.29 is 9.31 Å². The topological polar surface area (TPSA) is 61.5 Å². The van der Waals surface area contributed by atoms with Crippen molar-refractivity contribution in [2.75, 3.05) is 0 Å². The number of hydrogen-bond donors (Lipinski definition) is 0. The van der Waals surface area contributed by atoms with Crippen LogP contribution in [-0.2, 0) is 9.31 Å². The van der Waals surface area contributed by atoms with Gasteiger partial charge in [-0.15, -0.1) is 10.2 Å². The van der Waals surface area contributed by atoms with Crippen molar-refractivity contribution >= 4 is 18.4 Å². The van der Waals surface area contributed by atoms with E-state index in [1.807, 2.05) is 33.9 Å². The van der Waals surface area contributed by atoms with Gasteiger partial charge in [-0.3, -0.25) is 4.40 Å². The lowest BCUT2D eigenvalue weighted by molar-refractivity contribution is 0.00578. The third kappa shape index (κ3) is 1.62. The molecule has 0 aromatic carbocycles. The Kier molecular flexibility index (Phi) is 2.27. The zero-order chi connectivity index (χ0) is 13.0. The van der Waals surface area contributed by atoms with Crippen LogP contribution in [0.1, 0.15) is 27.7 Å². The van der Waals surface area contributed by atoms with Crippen LogP contribution in [0.15, 0.2) is 18.7 Å². The lowest BCUT2D eigenvalue weighted by atomic mass is 9.81. The van der Waals surface area contributed by atoms with Crippen molar-refractivity contribution in [2.24, 2.45) is 0 Å². The SMILES string of the molecule is CC1(C)OB(c2cnc3nncn3c2)OC1(C)C. The van der Waals surface area contributed by atoms with Crippen molar-refractivity contribution in [3.8, 4) is 0 Å². The minimum absolute atomic E-state index is 0.347. The first kappa shape index (κ1) is 11.6. The second-order valence-electron chi connectivity index (χ2n) is 5.51. The van der Waals surface area contributed by atoms with Crippen LogP contribution in [0.2, 0.25) is 0 Å². The molecule has 2 aromatic rings. The van der Waals surface area contributed by atoms with E-state index in [1.54, 1.807) is 16.9 Å². The molecule has 0 aliphatic carbocycles. The van der Waals surface area contributed by atoms with E-state index in [-0.39, 0.29) is 11.2 Å². The zero-order valence-electron chi connectivity index (χ0n) is 10.9. The van der Waals surface area contributed by atoms with E-state index in [4.69, 9.17) is 9.31 Å². The Morgan fingerprint density at radius 1 is 1.17 bits per heavy atom. The summed E-state index contributed by atoms with van der Waals surface area (Å²) in [6.45, 7) is 8.10. The van der Waals surface area contributed by atoms with Gasteiger partial charge in [-0.1, -0.05) is 0 Å². The van der Waals surface area contributed by atoms with Gasteiger partial charge in [0, 0.05) is 17.9 Å². The molecule has 0 atom stereocenters. The second kappa shape index (κ2) is 3.52. The number of aromatic nitrogens is 4. The minimum Gasteiger partial charge on any atom is -0.399 e. The molecule has 18 heavy (non-hydrogen) atoms. The maximum absolute atomic E-state index is 5.96. The first-order chi connectivity index (χ1) is 8.39. The largest absolute Gasteiger partial charge is 0.497 e. The highest BCUT2D eigenvalue weighted by Crippen LogP contribution is 2.36. The second-order valence-corrected chi connectivity index (χ2v) is 5.51. The summed E-state index contributed by atoms with van der Waals surface area (Å²) in [7, 11) is -0.408. The molecule has 0 bridgehead atoms. The molecule has 3 rings (SSSR count). The molecule has 0 unspecified atom stereocenters. The monoisotopic (exact) mass is 246 g/mol. The maximum atomic E-state index is 5.96. The highest BCUT2D eigenvalue weighted by Gasteiger charge is 2.51. The molecule has 0 N–H and O–H groups in total. The molecule has 2 aromatic heterocycles. The van der Waals surface area contributed by atoms with E-state index in [2.05, 4.69) is 15.2 Å². The Labute approximate surface area is 105 Å². The summed E-state index contributed by atoms with van der Waals surface area (Å²) in [6.07, 6.45) is 5.20. The van der Waals surface area contributed by atoms with Gasteiger partial charge in [0.15, 0.2) is 0 Å². The number of hydrogen-bond acceptors (Lipinski definition) is 5. The van der Waals surface area contributed by atoms with Crippen LogP contribution in [0.3, 0.4) is 0 Å². The maximum Gasteiger partial charge on any atom is 0.497 e. The first-order valence-electron chi connectivity index (χ1n) is 5.90. The summed E-state index contributed by atoms with van der Waals surface area (Å²) in [4.78, 5) is 4.21. The normalized spacial score (nSPS) is 21.7. The fourth-order valence-electron chi connectivity index (χ4n) is 1.85. The summed E-state index contributed by atoms with van der Waals surface area (Å²) in [5.41, 5.74) is 0.167. The van der Waals surface area contributed by atoms with Crippen LogP contribution in [0.4, 0.5) is 0 Å². The van der Waals surface area contributed by atoms with Gasteiger partial charge in [-0.25, -0.2) is 4.98 Å². The van der Waals surface area contributed by atoms with Crippen LogP contribution < -0.4 is 5.46 Å². The quantitative estimate of drug-likeness (QED) is 0.682. The van der Waals surface area contributed by atoms with E-state index in [0.29, 0.717) is 5.78 Å². The first-order valence-corrected chi connectivity index (χ1v) is 5.90. The fraction of sp³-hybridized carbons (Fsp3) is 0.545. The van der Waals surface area contributed by atoms with Gasteiger partial charge in [0.25, 0.3) is 5.78 Å². The number of rotatable bonds is 1. The third-order valence-electron chi connectivity index (χ3n) is 3.70. The highest BCUT2D eigenvalue weighted by molar-refractivity contribution is 6.61. The van der Waals surface area contributed by atoms with Gasteiger partial charge in [-0.2, -0.15) is 0 Å². The number of nitrogens with zero attached hydrogens (tertiary/aromatic N) is 4. The molecule has 1 saturated heterocycles. The van der Waals surface area contributed by atoms with E-state index in [9.17, 15) is 0 Å². The molecule has 6 nitrogen and oxygen atoms in total. The predicted octanol–water partition coefficient (Wildman–Crippen LogP) is 0.423. The van der Waals surface area contributed by atoms with Gasteiger partial charge in [0.2, 0.25) is 0 Å². The van der Waals surface area contributed by atoms with Crippen LogP contribution >= 0.6 is 0 Å². The van der Waals surface area contributed by atoms with Crippen molar-refractivity contribution in [1.82, 2.24) is 19.6 Å². The molecule has 0 spiro atoms. The van der Waals surface area contributed by atoms with Gasteiger partial charge in [-0.05, 0) is 27.7 Å². The fourth-order valence-corrected chi connectivity index (χ4v) is 1.85. The van der Waals surface area contributed by atoms with Crippen LogP contribution in [-0.4, -0.2) is 37.9 Å². The Balaban J connectivity index is 1.96.